The fourth-order valence-electron chi connectivity index (χ4n) is 1.77. The summed E-state index contributed by atoms with van der Waals surface area (Å²) in [6.07, 6.45) is 0. The summed E-state index contributed by atoms with van der Waals surface area (Å²) in [6, 6.07) is 8.62. The van der Waals surface area contributed by atoms with Gasteiger partial charge >= 0.3 is 6.01 Å². The molecule has 0 spiro atoms. The van der Waals surface area contributed by atoms with Crippen molar-refractivity contribution in [1.82, 2.24) is 15.5 Å². The molecular formula is C14H20N4O2. The maximum Gasteiger partial charge on any atom is 0.322 e. The Balaban J connectivity index is 1.97. The first-order valence-corrected chi connectivity index (χ1v) is 6.53. The van der Waals surface area contributed by atoms with Crippen molar-refractivity contribution in [2.45, 2.75) is 13.5 Å². The maximum absolute atomic E-state index is 5.62. The zero-order chi connectivity index (χ0) is 14.4. The Bertz CT molecular complexity index is 541. The van der Waals surface area contributed by atoms with Gasteiger partial charge in [-0.25, -0.2) is 0 Å². The number of ether oxygens (including phenoxy) is 1. The highest BCUT2D eigenvalue weighted by atomic mass is 16.5. The minimum Gasteiger partial charge on any atom is -0.406 e. The molecule has 0 bridgehead atoms. The highest BCUT2D eigenvalue weighted by Crippen LogP contribution is 2.22. The Hall–Kier alpha value is -1.92. The van der Waals surface area contributed by atoms with Crippen LogP contribution in [0.4, 0.5) is 11.7 Å². The summed E-state index contributed by atoms with van der Waals surface area (Å²) in [5, 5.41) is 11.2. The van der Waals surface area contributed by atoms with Gasteiger partial charge in [-0.15, -0.1) is 5.10 Å². The molecule has 0 aliphatic rings. The van der Waals surface area contributed by atoms with E-state index in [4.69, 9.17) is 9.15 Å². The average molecular weight is 276 g/mol. The van der Waals surface area contributed by atoms with Crippen LogP contribution in [0.25, 0.3) is 0 Å². The highest BCUT2D eigenvalue weighted by molar-refractivity contribution is 5.55. The number of nitrogens with zero attached hydrogens (tertiary/aromatic N) is 3. The topological polar surface area (TPSA) is 63.4 Å². The van der Waals surface area contributed by atoms with E-state index in [-0.39, 0.29) is 0 Å². The van der Waals surface area contributed by atoms with Gasteiger partial charge < -0.3 is 14.5 Å². The molecule has 0 saturated heterocycles. The quantitative estimate of drug-likeness (QED) is 0.779. The summed E-state index contributed by atoms with van der Waals surface area (Å²) >= 11 is 0. The normalized spacial score (nSPS) is 10.8. The summed E-state index contributed by atoms with van der Waals surface area (Å²) in [5.41, 5.74) is 2.21. The molecule has 0 atom stereocenters. The van der Waals surface area contributed by atoms with Crippen LogP contribution in [0.3, 0.4) is 0 Å². The Labute approximate surface area is 118 Å². The molecule has 0 saturated carbocycles. The SMILES string of the molecule is COCCNCc1nnc(N(C)c2cccc(C)c2)o1. The van der Waals surface area contributed by atoms with Crippen molar-refractivity contribution >= 4 is 11.7 Å². The summed E-state index contributed by atoms with van der Waals surface area (Å²) in [6.45, 7) is 4.00. The van der Waals surface area contributed by atoms with Crippen molar-refractivity contribution in [3.05, 3.63) is 35.7 Å². The molecule has 0 amide bonds. The van der Waals surface area contributed by atoms with Gasteiger partial charge in [-0.3, -0.25) is 4.90 Å². The lowest BCUT2D eigenvalue weighted by atomic mass is 10.2. The van der Waals surface area contributed by atoms with Gasteiger partial charge in [0.15, 0.2) is 0 Å². The van der Waals surface area contributed by atoms with Gasteiger partial charge in [0.25, 0.3) is 0 Å². The molecule has 0 fully saturated rings. The number of hydrogen-bond donors (Lipinski definition) is 1. The fourth-order valence-corrected chi connectivity index (χ4v) is 1.77. The monoisotopic (exact) mass is 276 g/mol. The molecule has 1 heterocycles. The average Bonchev–Trinajstić information content (AvgIpc) is 2.91. The van der Waals surface area contributed by atoms with Gasteiger partial charge in [0.2, 0.25) is 5.89 Å². The molecule has 108 valence electrons. The van der Waals surface area contributed by atoms with Crippen LogP contribution in [0, 0.1) is 6.92 Å². The summed E-state index contributed by atoms with van der Waals surface area (Å²) in [7, 11) is 3.58. The third-order valence-corrected chi connectivity index (χ3v) is 2.89. The van der Waals surface area contributed by atoms with Crippen LogP contribution < -0.4 is 10.2 Å². The van der Waals surface area contributed by atoms with Crippen molar-refractivity contribution in [3.63, 3.8) is 0 Å². The van der Waals surface area contributed by atoms with E-state index in [2.05, 4.69) is 34.6 Å². The van der Waals surface area contributed by atoms with E-state index < -0.39 is 0 Å². The van der Waals surface area contributed by atoms with Gasteiger partial charge in [0.1, 0.15) is 0 Å². The third-order valence-electron chi connectivity index (χ3n) is 2.89. The second-order valence-corrected chi connectivity index (χ2v) is 4.55. The second-order valence-electron chi connectivity index (χ2n) is 4.55. The predicted octanol–water partition coefficient (Wildman–Crippen LogP) is 1.88. The highest BCUT2D eigenvalue weighted by Gasteiger charge is 2.12. The predicted molar refractivity (Wildman–Crippen MR) is 77.1 cm³/mol. The lowest BCUT2D eigenvalue weighted by molar-refractivity contribution is 0.198. The molecule has 1 N–H and O–H groups in total. The second kappa shape index (κ2) is 7.02. The maximum atomic E-state index is 5.62. The van der Waals surface area contributed by atoms with E-state index in [1.807, 2.05) is 24.1 Å². The van der Waals surface area contributed by atoms with Crippen molar-refractivity contribution in [2.75, 3.05) is 32.2 Å². The van der Waals surface area contributed by atoms with E-state index in [9.17, 15) is 0 Å². The Morgan fingerprint density at radius 3 is 2.95 bits per heavy atom. The Kier molecular flexibility index (Phi) is 5.09. The summed E-state index contributed by atoms with van der Waals surface area (Å²) in [4.78, 5) is 1.87. The molecule has 6 heteroatoms. The summed E-state index contributed by atoms with van der Waals surface area (Å²) in [5.74, 6) is 0.565. The minimum absolute atomic E-state index is 0.485. The first-order chi connectivity index (χ1) is 9.70. The van der Waals surface area contributed by atoms with E-state index in [0.29, 0.717) is 25.1 Å². The zero-order valence-corrected chi connectivity index (χ0v) is 12.1. The molecule has 1 aromatic heterocycles. The van der Waals surface area contributed by atoms with Crippen LogP contribution in [-0.2, 0) is 11.3 Å². The smallest absolute Gasteiger partial charge is 0.322 e. The van der Waals surface area contributed by atoms with Crippen LogP contribution in [-0.4, -0.2) is 37.5 Å². The molecule has 6 nitrogen and oxygen atoms in total. The molecular weight excluding hydrogens is 256 g/mol. The summed E-state index contributed by atoms with van der Waals surface area (Å²) < 4.78 is 10.6. The van der Waals surface area contributed by atoms with Gasteiger partial charge in [0.05, 0.1) is 13.2 Å². The van der Waals surface area contributed by atoms with Crippen LogP contribution in [0.15, 0.2) is 28.7 Å². The third kappa shape index (κ3) is 3.79. The Morgan fingerprint density at radius 2 is 2.20 bits per heavy atom. The number of benzene rings is 1. The number of rotatable bonds is 7. The van der Waals surface area contributed by atoms with Crippen LogP contribution >= 0.6 is 0 Å². The van der Waals surface area contributed by atoms with E-state index in [0.717, 1.165) is 12.2 Å². The fraction of sp³-hybridized carbons (Fsp3) is 0.429. The number of anilines is 2. The first-order valence-electron chi connectivity index (χ1n) is 6.53. The van der Waals surface area contributed by atoms with Crippen LogP contribution in [0.2, 0.25) is 0 Å². The van der Waals surface area contributed by atoms with Gasteiger partial charge in [-0.2, -0.15) is 0 Å². The molecule has 0 aliphatic carbocycles. The van der Waals surface area contributed by atoms with E-state index in [1.165, 1.54) is 5.56 Å². The first kappa shape index (κ1) is 14.5. The molecule has 20 heavy (non-hydrogen) atoms. The van der Waals surface area contributed by atoms with Crippen LogP contribution in [0.5, 0.6) is 0 Å². The largest absolute Gasteiger partial charge is 0.406 e. The molecule has 0 unspecified atom stereocenters. The standard InChI is InChI=1S/C14H20N4O2/c1-11-5-4-6-12(9-11)18(2)14-17-16-13(20-14)10-15-7-8-19-3/h4-6,9,15H,7-8,10H2,1-3H3. The van der Waals surface area contributed by atoms with Crippen molar-refractivity contribution in [1.29, 1.82) is 0 Å². The molecule has 0 radical (unpaired) electrons. The minimum atomic E-state index is 0.485. The lowest BCUT2D eigenvalue weighted by Gasteiger charge is -2.14. The van der Waals surface area contributed by atoms with Gasteiger partial charge in [-0.05, 0) is 24.6 Å². The van der Waals surface area contributed by atoms with Crippen molar-refractivity contribution in [3.8, 4) is 0 Å². The molecule has 2 rings (SSSR count). The number of aryl methyl sites for hydroxylation is 1. The van der Waals surface area contributed by atoms with Crippen molar-refractivity contribution in [2.24, 2.45) is 0 Å². The number of hydrogen-bond acceptors (Lipinski definition) is 6. The van der Waals surface area contributed by atoms with Gasteiger partial charge in [-0.1, -0.05) is 17.2 Å². The van der Waals surface area contributed by atoms with Gasteiger partial charge in [0, 0.05) is 26.4 Å². The number of methoxy groups -OCH3 is 1. The number of nitrogens with one attached hydrogen (secondary N) is 1. The Morgan fingerprint density at radius 1 is 1.35 bits per heavy atom. The van der Waals surface area contributed by atoms with E-state index in [1.54, 1.807) is 7.11 Å². The molecule has 1 aromatic carbocycles. The van der Waals surface area contributed by atoms with Crippen LogP contribution in [0.1, 0.15) is 11.5 Å². The lowest BCUT2D eigenvalue weighted by Crippen LogP contribution is -2.18. The van der Waals surface area contributed by atoms with Crippen molar-refractivity contribution < 1.29 is 9.15 Å². The molecule has 2 aromatic rings. The number of aromatic nitrogens is 2. The van der Waals surface area contributed by atoms with E-state index >= 15 is 0 Å². The molecule has 0 aliphatic heterocycles. The zero-order valence-electron chi connectivity index (χ0n) is 12.1.